The number of hydrogen-bond acceptors (Lipinski definition) is 0. The van der Waals surface area contributed by atoms with E-state index in [4.69, 9.17) is 46.4 Å². The van der Waals surface area contributed by atoms with E-state index in [0.717, 1.165) is 0 Å². The predicted octanol–water partition coefficient (Wildman–Crippen LogP) is 5.29. The first-order valence-corrected chi connectivity index (χ1v) is 6.94. The summed E-state index contributed by atoms with van der Waals surface area (Å²) in [5, 5.41) is -0.353. The Morgan fingerprint density at radius 1 is 1.27 bits per heavy atom. The van der Waals surface area contributed by atoms with E-state index >= 15 is 0 Å². The highest BCUT2D eigenvalue weighted by Crippen LogP contribution is 2.29. The maximum atomic E-state index is 6.18. The van der Waals surface area contributed by atoms with Crippen LogP contribution in [0.5, 0.6) is 0 Å². The highest BCUT2D eigenvalue weighted by Gasteiger charge is 2.26. The van der Waals surface area contributed by atoms with E-state index in [2.05, 4.69) is 15.9 Å². The van der Waals surface area contributed by atoms with Crippen molar-refractivity contribution < 1.29 is 0 Å². The van der Waals surface area contributed by atoms with Crippen LogP contribution in [0.25, 0.3) is 0 Å². The molecule has 0 saturated heterocycles. The van der Waals surface area contributed by atoms with Gasteiger partial charge in [0.05, 0.1) is 15.1 Å². The SMILES string of the molecule is CC(Cl)(/C=C/C(Cl)C(C)(Cl)/C=C/Br)CCl. The van der Waals surface area contributed by atoms with Crippen molar-refractivity contribution in [3.63, 3.8) is 0 Å². The molecule has 0 saturated carbocycles. The summed E-state index contributed by atoms with van der Waals surface area (Å²) in [6, 6.07) is 0. The monoisotopic (exact) mass is 352 g/mol. The van der Waals surface area contributed by atoms with Crippen LogP contribution in [0.15, 0.2) is 23.2 Å². The maximum absolute atomic E-state index is 6.18. The summed E-state index contributed by atoms with van der Waals surface area (Å²) in [7, 11) is 0. The molecule has 0 heterocycles. The normalized spacial score (nSPS) is 22.9. The fourth-order valence-corrected chi connectivity index (χ4v) is 1.88. The average Bonchev–Trinajstić information content (AvgIpc) is 2.14. The van der Waals surface area contributed by atoms with Crippen molar-refractivity contribution in [3.05, 3.63) is 23.2 Å². The summed E-state index contributed by atoms with van der Waals surface area (Å²) in [5.74, 6) is 0.321. The molecule has 5 heteroatoms. The number of rotatable bonds is 5. The van der Waals surface area contributed by atoms with Crippen LogP contribution >= 0.6 is 62.3 Å². The van der Waals surface area contributed by atoms with Crippen molar-refractivity contribution in [2.75, 3.05) is 5.88 Å². The molecule has 0 radical (unpaired) electrons. The highest BCUT2D eigenvalue weighted by molar-refractivity contribution is 9.11. The lowest BCUT2D eigenvalue weighted by Gasteiger charge is -2.22. The standard InChI is InChI=1S/C10H13BrCl4/c1-9(14,7-12)4-3-8(13)10(2,15)5-6-11/h3-6,8H,7H2,1-2H3/b4-3+,6-5+. The molecule has 88 valence electrons. The topological polar surface area (TPSA) is 0 Å². The molecule has 0 aliphatic rings. The number of hydrogen-bond donors (Lipinski definition) is 0. The maximum Gasteiger partial charge on any atom is 0.0804 e. The predicted molar refractivity (Wildman–Crippen MR) is 76.1 cm³/mol. The van der Waals surface area contributed by atoms with Gasteiger partial charge in [0, 0.05) is 5.88 Å². The Kier molecular flexibility index (Phi) is 7.26. The second-order valence-electron chi connectivity index (χ2n) is 3.62. The van der Waals surface area contributed by atoms with E-state index in [1.54, 1.807) is 23.2 Å². The molecule has 0 nitrogen and oxygen atoms in total. The van der Waals surface area contributed by atoms with Crippen LogP contribution in [0.4, 0.5) is 0 Å². The van der Waals surface area contributed by atoms with Crippen molar-refractivity contribution in [2.24, 2.45) is 0 Å². The summed E-state index contributed by atoms with van der Waals surface area (Å²) in [5.41, 5.74) is 0. The Bertz CT molecular complexity index is 246. The third-order valence-electron chi connectivity index (χ3n) is 1.80. The first-order chi connectivity index (χ1) is 6.75. The van der Waals surface area contributed by atoms with E-state index in [0.29, 0.717) is 5.88 Å². The molecule has 0 N–H and O–H groups in total. The van der Waals surface area contributed by atoms with Crippen LogP contribution < -0.4 is 0 Å². The molecule has 0 aromatic carbocycles. The third-order valence-corrected chi connectivity index (χ3v) is 4.09. The van der Waals surface area contributed by atoms with E-state index < -0.39 is 9.75 Å². The Morgan fingerprint density at radius 3 is 2.20 bits per heavy atom. The average molecular weight is 355 g/mol. The van der Waals surface area contributed by atoms with Crippen molar-refractivity contribution >= 4 is 62.3 Å². The Hall–Kier alpha value is 1.12. The molecule has 3 atom stereocenters. The van der Waals surface area contributed by atoms with Crippen molar-refractivity contribution in [2.45, 2.75) is 29.0 Å². The molecule has 0 bridgehead atoms. The molecule has 15 heavy (non-hydrogen) atoms. The Labute approximate surface area is 120 Å². The lowest BCUT2D eigenvalue weighted by atomic mass is 10.0. The minimum atomic E-state index is -0.652. The number of allylic oxidation sites excluding steroid dienone is 3. The van der Waals surface area contributed by atoms with Gasteiger partial charge in [0.1, 0.15) is 0 Å². The van der Waals surface area contributed by atoms with E-state index in [1.165, 1.54) is 0 Å². The van der Waals surface area contributed by atoms with Gasteiger partial charge in [-0.05, 0) is 18.8 Å². The summed E-state index contributed by atoms with van der Waals surface area (Å²) in [4.78, 5) is 0.450. The number of alkyl halides is 4. The third kappa shape index (κ3) is 6.43. The Balaban J connectivity index is 4.55. The molecule has 0 rings (SSSR count). The zero-order valence-electron chi connectivity index (χ0n) is 8.48. The molecule has 0 aliphatic heterocycles. The fraction of sp³-hybridized carbons (Fsp3) is 0.600. The van der Waals surface area contributed by atoms with Crippen LogP contribution in [0, 0.1) is 0 Å². The van der Waals surface area contributed by atoms with Gasteiger partial charge in [-0.2, -0.15) is 0 Å². The van der Waals surface area contributed by atoms with Crippen molar-refractivity contribution in [1.82, 2.24) is 0 Å². The number of halogens is 5. The minimum Gasteiger partial charge on any atom is -0.124 e. The van der Waals surface area contributed by atoms with Crippen LogP contribution in [0.3, 0.4) is 0 Å². The van der Waals surface area contributed by atoms with Gasteiger partial charge >= 0.3 is 0 Å². The summed E-state index contributed by atoms with van der Waals surface area (Å²) in [6.07, 6.45) is 5.29. The van der Waals surface area contributed by atoms with Crippen LogP contribution in [-0.2, 0) is 0 Å². The van der Waals surface area contributed by atoms with E-state index in [9.17, 15) is 0 Å². The smallest absolute Gasteiger partial charge is 0.0804 e. The van der Waals surface area contributed by atoms with Gasteiger partial charge in [-0.15, -0.1) is 46.4 Å². The lowest BCUT2D eigenvalue weighted by molar-refractivity contribution is 0.789. The molecule has 0 amide bonds. The molecule has 0 spiro atoms. The zero-order valence-corrected chi connectivity index (χ0v) is 13.1. The van der Waals surface area contributed by atoms with E-state index in [1.807, 2.05) is 13.8 Å². The van der Waals surface area contributed by atoms with Crippen LogP contribution in [0.2, 0.25) is 0 Å². The molecule has 0 aromatic rings. The van der Waals surface area contributed by atoms with E-state index in [-0.39, 0.29) is 5.38 Å². The molecule has 3 unspecified atom stereocenters. The van der Waals surface area contributed by atoms with Gasteiger partial charge in [0.15, 0.2) is 0 Å². The van der Waals surface area contributed by atoms with Gasteiger partial charge in [-0.3, -0.25) is 0 Å². The quantitative estimate of drug-likeness (QED) is 0.464. The van der Waals surface area contributed by atoms with Gasteiger partial charge in [-0.25, -0.2) is 0 Å². The van der Waals surface area contributed by atoms with Gasteiger partial charge in [0.25, 0.3) is 0 Å². The molecular formula is C10H13BrCl4. The molecule has 0 aliphatic carbocycles. The molecule has 0 aromatic heterocycles. The largest absolute Gasteiger partial charge is 0.124 e. The first-order valence-electron chi connectivity index (χ1n) is 4.30. The molecular weight excluding hydrogens is 342 g/mol. The van der Waals surface area contributed by atoms with Gasteiger partial charge in [-0.1, -0.05) is 34.2 Å². The van der Waals surface area contributed by atoms with Crippen LogP contribution in [0.1, 0.15) is 13.8 Å². The first kappa shape index (κ1) is 16.1. The van der Waals surface area contributed by atoms with Crippen LogP contribution in [-0.4, -0.2) is 21.0 Å². The van der Waals surface area contributed by atoms with Crippen molar-refractivity contribution in [1.29, 1.82) is 0 Å². The fourth-order valence-electron chi connectivity index (χ4n) is 0.733. The van der Waals surface area contributed by atoms with Gasteiger partial charge in [0.2, 0.25) is 0 Å². The van der Waals surface area contributed by atoms with Crippen molar-refractivity contribution in [3.8, 4) is 0 Å². The minimum absolute atomic E-state index is 0.321. The summed E-state index contributed by atoms with van der Waals surface area (Å²) in [6.45, 7) is 3.63. The van der Waals surface area contributed by atoms with Gasteiger partial charge < -0.3 is 0 Å². The second kappa shape index (κ2) is 6.76. The Morgan fingerprint density at radius 2 is 1.80 bits per heavy atom. The summed E-state index contributed by atoms with van der Waals surface area (Å²) >= 11 is 27.2. The highest BCUT2D eigenvalue weighted by atomic mass is 79.9. The molecule has 0 fully saturated rings. The zero-order chi connectivity index (χ0) is 12.1. The summed E-state index contributed by atoms with van der Waals surface area (Å²) < 4.78 is 0. The lowest BCUT2D eigenvalue weighted by Crippen LogP contribution is -2.26. The second-order valence-corrected chi connectivity index (χ2v) is 6.56.